The van der Waals surface area contributed by atoms with Crippen LogP contribution in [-0.2, 0) is 19.0 Å². The fraction of sp³-hybridized carbons (Fsp3) is 0.700. The average Bonchev–Trinajstić information content (AvgIpc) is 2.13. The van der Waals surface area contributed by atoms with E-state index >= 15 is 0 Å². The summed E-state index contributed by atoms with van der Waals surface area (Å²) in [7, 11) is 0. The summed E-state index contributed by atoms with van der Waals surface area (Å²) in [5.74, 6) is 1.86. The second kappa shape index (κ2) is 7.36. The van der Waals surface area contributed by atoms with Crippen LogP contribution in [0.25, 0.3) is 0 Å². The SMILES string of the molecule is C#CC(OC(C)=O)C(OCC)OCC. The zero-order chi connectivity index (χ0) is 11.0. The normalized spacial score (nSPS) is 12.2. The van der Waals surface area contributed by atoms with Gasteiger partial charge in [0.05, 0.1) is 0 Å². The van der Waals surface area contributed by atoms with Gasteiger partial charge in [-0.1, -0.05) is 5.92 Å². The van der Waals surface area contributed by atoms with Gasteiger partial charge in [0.25, 0.3) is 0 Å². The third-order valence-corrected chi connectivity index (χ3v) is 1.37. The molecule has 0 N–H and O–H groups in total. The lowest BCUT2D eigenvalue weighted by Gasteiger charge is -2.22. The van der Waals surface area contributed by atoms with E-state index in [1.807, 2.05) is 13.8 Å². The first-order valence-corrected chi connectivity index (χ1v) is 4.52. The summed E-state index contributed by atoms with van der Waals surface area (Å²) in [4.78, 5) is 10.7. The highest BCUT2D eigenvalue weighted by atomic mass is 16.7. The van der Waals surface area contributed by atoms with Crippen LogP contribution in [0, 0.1) is 12.3 Å². The summed E-state index contributed by atoms with van der Waals surface area (Å²) in [6.45, 7) is 5.81. The molecule has 0 aliphatic carbocycles. The molecular weight excluding hydrogens is 184 g/mol. The molecule has 0 saturated carbocycles. The summed E-state index contributed by atoms with van der Waals surface area (Å²) in [5, 5.41) is 0. The van der Waals surface area contributed by atoms with Crippen molar-refractivity contribution in [3.8, 4) is 12.3 Å². The fourth-order valence-electron chi connectivity index (χ4n) is 0.898. The van der Waals surface area contributed by atoms with Crippen LogP contribution in [0.4, 0.5) is 0 Å². The molecule has 0 radical (unpaired) electrons. The van der Waals surface area contributed by atoms with Crippen LogP contribution in [0.3, 0.4) is 0 Å². The standard InChI is InChI=1S/C10H16O4/c1-5-9(14-8(4)11)10(12-6-2)13-7-3/h1,9-10H,6-7H2,2-4H3. The molecule has 0 bridgehead atoms. The van der Waals surface area contributed by atoms with E-state index in [4.69, 9.17) is 20.6 Å². The molecule has 1 unspecified atom stereocenters. The van der Waals surface area contributed by atoms with Crippen LogP contribution < -0.4 is 0 Å². The number of hydrogen-bond acceptors (Lipinski definition) is 4. The minimum absolute atomic E-state index is 0.447. The number of esters is 1. The Morgan fingerprint density at radius 1 is 1.36 bits per heavy atom. The molecule has 0 aromatic carbocycles. The molecule has 0 amide bonds. The van der Waals surface area contributed by atoms with E-state index in [9.17, 15) is 4.79 Å². The first kappa shape index (κ1) is 12.9. The Morgan fingerprint density at radius 2 is 1.86 bits per heavy atom. The van der Waals surface area contributed by atoms with Gasteiger partial charge in [0.2, 0.25) is 12.4 Å². The van der Waals surface area contributed by atoms with Gasteiger partial charge in [-0.2, -0.15) is 0 Å². The van der Waals surface area contributed by atoms with Gasteiger partial charge in [-0.15, -0.1) is 6.42 Å². The predicted octanol–water partition coefficient (Wildman–Crippen LogP) is 0.950. The van der Waals surface area contributed by atoms with E-state index in [-0.39, 0.29) is 0 Å². The fourth-order valence-corrected chi connectivity index (χ4v) is 0.898. The molecule has 4 heteroatoms. The maximum Gasteiger partial charge on any atom is 0.304 e. The number of carbonyl (C=O) groups is 1. The van der Waals surface area contributed by atoms with Gasteiger partial charge >= 0.3 is 5.97 Å². The molecule has 0 rings (SSSR count). The molecular formula is C10H16O4. The van der Waals surface area contributed by atoms with Crippen molar-refractivity contribution < 1.29 is 19.0 Å². The molecule has 14 heavy (non-hydrogen) atoms. The highest BCUT2D eigenvalue weighted by Crippen LogP contribution is 2.06. The lowest BCUT2D eigenvalue weighted by atomic mass is 10.3. The molecule has 0 heterocycles. The van der Waals surface area contributed by atoms with Crippen molar-refractivity contribution in [3.63, 3.8) is 0 Å². The number of terminal acetylenes is 1. The zero-order valence-electron chi connectivity index (χ0n) is 8.78. The minimum atomic E-state index is -0.785. The van der Waals surface area contributed by atoms with Crippen LogP contribution in [0.1, 0.15) is 20.8 Å². The Labute approximate surface area is 84.5 Å². The Balaban J connectivity index is 4.26. The Bertz CT molecular complexity index is 201. The smallest absolute Gasteiger partial charge is 0.304 e. The second-order valence-electron chi connectivity index (χ2n) is 2.48. The van der Waals surface area contributed by atoms with Crippen LogP contribution >= 0.6 is 0 Å². The monoisotopic (exact) mass is 200 g/mol. The first-order valence-electron chi connectivity index (χ1n) is 4.52. The first-order chi connectivity index (χ1) is 6.65. The van der Waals surface area contributed by atoms with Crippen LogP contribution in [0.2, 0.25) is 0 Å². The van der Waals surface area contributed by atoms with Crippen LogP contribution in [0.5, 0.6) is 0 Å². The molecule has 0 saturated heterocycles. The zero-order valence-corrected chi connectivity index (χ0v) is 8.78. The van der Waals surface area contributed by atoms with Crippen LogP contribution in [-0.4, -0.2) is 31.6 Å². The van der Waals surface area contributed by atoms with Gasteiger partial charge < -0.3 is 14.2 Å². The molecule has 4 nitrogen and oxygen atoms in total. The van der Waals surface area contributed by atoms with Gasteiger partial charge in [0.15, 0.2) is 0 Å². The lowest BCUT2D eigenvalue weighted by Crippen LogP contribution is -2.34. The molecule has 1 atom stereocenters. The van der Waals surface area contributed by atoms with Crippen molar-refractivity contribution in [1.82, 2.24) is 0 Å². The number of carbonyl (C=O) groups excluding carboxylic acids is 1. The molecule has 0 aliphatic rings. The van der Waals surface area contributed by atoms with Gasteiger partial charge in [0, 0.05) is 20.1 Å². The second-order valence-corrected chi connectivity index (χ2v) is 2.48. The summed E-state index contributed by atoms with van der Waals surface area (Å²) in [5.41, 5.74) is 0. The van der Waals surface area contributed by atoms with Crippen LogP contribution in [0.15, 0.2) is 0 Å². The summed E-state index contributed by atoms with van der Waals surface area (Å²) in [6.07, 6.45) is 3.73. The van der Waals surface area contributed by atoms with Crippen molar-refractivity contribution in [1.29, 1.82) is 0 Å². The van der Waals surface area contributed by atoms with Crippen molar-refractivity contribution in [3.05, 3.63) is 0 Å². The minimum Gasteiger partial charge on any atom is -0.444 e. The molecule has 0 aromatic heterocycles. The quantitative estimate of drug-likeness (QED) is 0.364. The Hall–Kier alpha value is -1.05. The van der Waals surface area contributed by atoms with Crippen molar-refractivity contribution in [2.75, 3.05) is 13.2 Å². The maximum absolute atomic E-state index is 10.7. The van der Waals surface area contributed by atoms with E-state index in [0.717, 1.165) is 0 Å². The molecule has 0 aromatic rings. The highest BCUT2D eigenvalue weighted by molar-refractivity contribution is 5.66. The van der Waals surface area contributed by atoms with Gasteiger partial charge in [-0.05, 0) is 13.8 Å². The number of hydrogen-bond donors (Lipinski definition) is 0. The number of ether oxygens (including phenoxy) is 3. The third-order valence-electron chi connectivity index (χ3n) is 1.37. The van der Waals surface area contributed by atoms with E-state index in [1.54, 1.807) is 0 Å². The summed E-state index contributed by atoms with van der Waals surface area (Å²) >= 11 is 0. The topological polar surface area (TPSA) is 44.8 Å². The highest BCUT2D eigenvalue weighted by Gasteiger charge is 2.22. The lowest BCUT2D eigenvalue weighted by molar-refractivity contribution is -0.193. The largest absolute Gasteiger partial charge is 0.444 e. The van der Waals surface area contributed by atoms with E-state index in [0.29, 0.717) is 13.2 Å². The Morgan fingerprint density at radius 3 is 2.14 bits per heavy atom. The van der Waals surface area contributed by atoms with Gasteiger partial charge in [0.1, 0.15) is 0 Å². The predicted molar refractivity (Wildman–Crippen MR) is 51.4 cm³/mol. The Kier molecular flexibility index (Phi) is 6.81. The van der Waals surface area contributed by atoms with Gasteiger partial charge in [-0.3, -0.25) is 4.79 Å². The molecule has 80 valence electrons. The van der Waals surface area contributed by atoms with Crippen molar-refractivity contribution in [2.45, 2.75) is 33.2 Å². The van der Waals surface area contributed by atoms with Crippen molar-refractivity contribution in [2.24, 2.45) is 0 Å². The summed E-state index contributed by atoms with van der Waals surface area (Å²) in [6, 6.07) is 0. The summed E-state index contributed by atoms with van der Waals surface area (Å²) < 4.78 is 15.2. The van der Waals surface area contributed by atoms with E-state index in [2.05, 4.69) is 5.92 Å². The molecule has 0 spiro atoms. The third kappa shape index (κ3) is 4.85. The maximum atomic E-state index is 10.7. The molecule has 0 fully saturated rings. The van der Waals surface area contributed by atoms with E-state index < -0.39 is 18.4 Å². The van der Waals surface area contributed by atoms with E-state index in [1.165, 1.54) is 6.92 Å². The number of rotatable bonds is 6. The average molecular weight is 200 g/mol. The molecule has 0 aliphatic heterocycles. The van der Waals surface area contributed by atoms with Crippen molar-refractivity contribution >= 4 is 5.97 Å². The van der Waals surface area contributed by atoms with Gasteiger partial charge in [-0.25, -0.2) is 0 Å².